The van der Waals surface area contributed by atoms with E-state index < -0.39 is 41.7 Å². The summed E-state index contributed by atoms with van der Waals surface area (Å²) in [6, 6.07) is 0. The highest BCUT2D eigenvalue weighted by atomic mass is 16.6. The van der Waals surface area contributed by atoms with Crippen molar-refractivity contribution in [2.45, 2.75) is 72.7 Å². The van der Waals surface area contributed by atoms with E-state index in [1.165, 1.54) is 0 Å². The fourth-order valence-electron chi connectivity index (χ4n) is 7.85. The van der Waals surface area contributed by atoms with Gasteiger partial charge >= 0.3 is 5.97 Å². The third kappa shape index (κ3) is 2.83. The molecule has 1 aromatic heterocycles. The van der Waals surface area contributed by atoms with Crippen LogP contribution in [0, 0.1) is 55.3 Å². The molecule has 3 N–H and O–H groups in total. The van der Waals surface area contributed by atoms with Crippen LogP contribution >= 0.6 is 0 Å². The minimum atomic E-state index is -2.14. The van der Waals surface area contributed by atoms with Crippen LogP contribution in [0.2, 0.25) is 0 Å². The zero-order chi connectivity index (χ0) is 25.8. The molecule has 0 saturated heterocycles. The molecule has 0 aliphatic heterocycles. The summed E-state index contributed by atoms with van der Waals surface area (Å²) >= 11 is 0. The number of rotatable bonds is 3. The number of aliphatic hydroxyl groups is 3. The molecule has 2 bridgehead atoms. The summed E-state index contributed by atoms with van der Waals surface area (Å²) in [4.78, 5) is 27.7. The standard InChI is InChI=1S/C28H36O7/c1-12-10-27-13(2)8-19-21(26(19,6)7)18(23(27)31)9-17(11-29)22(30)28(27,33)24(12)35-25(32)20-14(3)15(4)34-16(20)5/h9-10,13,18-19,21-22,24,29-30,33H,8,11H2,1-7H3/t13-,18+,19-,21+,22-,24+,27+,28+/m1/s1. The molecule has 4 aliphatic carbocycles. The lowest BCUT2D eigenvalue weighted by Gasteiger charge is -2.48. The Labute approximate surface area is 205 Å². The van der Waals surface area contributed by atoms with Crippen molar-refractivity contribution in [3.05, 3.63) is 45.9 Å². The SMILES string of the molecule is CC1=C[C@]23C(=O)[C@@H](C=C(CO)[C@@H](O)[C@]2(O)[C@H]1OC(=O)c1c(C)oc(C)c1C)[C@H]1[C@@H](C[C@H]3C)C1(C)C. The zero-order valence-electron chi connectivity index (χ0n) is 21.5. The largest absolute Gasteiger partial charge is 0.465 e. The van der Waals surface area contributed by atoms with Gasteiger partial charge in [-0.15, -0.1) is 0 Å². The van der Waals surface area contributed by atoms with Gasteiger partial charge in [0.25, 0.3) is 0 Å². The maximum absolute atomic E-state index is 14.4. The number of esters is 1. The van der Waals surface area contributed by atoms with E-state index in [9.17, 15) is 24.9 Å². The van der Waals surface area contributed by atoms with Crippen molar-refractivity contribution in [3.8, 4) is 0 Å². The molecule has 0 amide bonds. The molecule has 4 aliphatic rings. The molecule has 1 aromatic rings. The molecular formula is C28H36O7. The Morgan fingerprint density at radius 1 is 1.20 bits per heavy atom. The molecule has 1 heterocycles. The van der Waals surface area contributed by atoms with Crippen molar-refractivity contribution in [3.63, 3.8) is 0 Å². The van der Waals surface area contributed by atoms with Crippen LogP contribution in [0.5, 0.6) is 0 Å². The highest BCUT2D eigenvalue weighted by Gasteiger charge is 2.76. The Bertz CT molecular complexity index is 1190. The van der Waals surface area contributed by atoms with E-state index in [0.717, 1.165) is 0 Å². The molecule has 2 saturated carbocycles. The minimum absolute atomic E-state index is 0.0436. The lowest BCUT2D eigenvalue weighted by atomic mass is 9.59. The predicted octanol–water partition coefficient (Wildman–Crippen LogP) is 3.20. The molecule has 35 heavy (non-hydrogen) atoms. The first-order valence-electron chi connectivity index (χ1n) is 12.5. The van der Waals surface area contributed by atoms with Crippen LogP contribution in [0.3, 0.4) is 0 Å². The normalized spacial score (nSPS) is 41.3. The number of furan rings is 1. The second kappa shape index (κ2) is 7.40. The van der Waals surface area contributed by atoms with E-state index in [2.05, 4.69) is 13.8 Å². The summed E-state index contributed by atoms with van der Waals surface area (Å²) in [6.07, 6.45) is 1.27. The predicted molar refractivity (Wildman–Crippen MR) is 127 cm³/mol. The van der Waals surface area contributed by atoms with Crippen LogP contribution in [0.25, 0.3) is 0 Å². The summed E-state index contributed by atoms with van der Waals surface area (Å²) < 4.78 is 11.5. The fraction of sp³-hybridized carbons (Fsp3) is 0.643. The highest BCUT2D eigenvalue weighted by Crippen LogP contribution is 2.71. The third-order valence-corrected chi connectivity index (χ3v) is 9.89. The zero-order valence-corrected chi connectivity index (χ0v) is 21.5. The molecule has 0 aromatic carbocycles. The van der Waals surface area contributed by atoms with Crippen molar-refractivity contribution >= 4 is 11.8 Å². The summed E-state index contributed by atoms with van der Waals surface area (Å²) in [7, 11) is 0. The number of Topliss-reactive ketones (excluding diaryl/α,β-unsaturated/α-hetero) is 1. The Hall–Kier alpha value is -2.22. The summed E-state index contributed by atoms with van der Waals surface area (Å²) in [6.45, 7) is 12.7. The van der Waals surface area contributed by atoms with Gasteiger partial charge in [-0.1, -0.05) is 32.9 Å². The monoisotopic (exact) mass is 484 g/mol. The van der Waals surface area contributed by atoms with Crippen LogP contribution in [-0.2, 0) is 9.53 Å². The van der Waals surface area contributed by atoms with Crippen LogP contribution in [0.1, 0.15) is 61.6 Å². The smallest absolute Gasteiger partial charge is 0.342 e. The average Bonchev–Trinajstić information content (AvgIpc) is 3.14. The first-order chi connectivity index (χ1) is 16.2. The molecule has 190 valence electrons. The molecule has 0 radical (unpaired) electrons. The van der Waals surface area contributed by atoms with Gasteiger partial charge < -0.3 is 24.5 Å². The Balaban J connectivity index is 1.65. The number of aryl methyl sites for hydroxylation is 2. The second-order valence-electron chi connectivity index (χ2n) is 11.9. The van der Waals surface area contributed by atoms with Gasteiger partial charge in [0, 0.05) is 11.5 Å². The number of hydrogen-bond donors (Lipinski definition) is 3. The molecule has 7 heteroatoms. The molecule has 5 rings (SSSR count). The van der Waals surface area contributed by atoms with E-state index in [0.29, 0.717) is 29.1 Å². The van der Waals surface area contributed by atoms with Gasteiger partial charge in [-0.3, -0.25) is 4.79 Å². The second-order valence-corrected chi connectivity index (χ2v) is 11.9. The quantitative estimate of drug-likeness (QED) is 0.445. The first kappa shape index (κ1) is 24.5. The van der Waals surface area contributed by atoms with Crippen molar-refractivity contribution in [2.75, 3.05) is 6.61 Å². The number of allylic oxidation sites excluding steroid dienone is 1. The van der Waals surface area contributed by atoms with Gasteiger partial charge in [0.2, 0.25) is 0 Å². The van der Waals surface area contributed by atoms with E-state index >= 15 is 0 Å². The number of hydrogen-bond acceptors (Lipinski definition) is 7. The Kier molecular flexibility index (Phi) is 5.18. The number of carbonyl (C=O) groups excluding carboxylic acids is 2. The highest BCUT2D eigenvalue weighted by molar-refractivity contribution is 5.96. The third-order valence-electron chi connectivity index (χ3n) is 9.89. The summed E-state index contributed by atoms with van der Waals surface area (Å²) in [5, 5.41) is 34.2. The van der Waals surface area contributed by atoms with Crippen LogP contribution in [0.15, 0.2) is 27.7 Å². The maximum atomic E-state index is 14.4. The average molecular weight is 485 g/mol. The first-order valence-corrected chi connectivity index (χ1v) is 12.5. The molecule has 7 nitrogen and oxygen atoms in total. The molecule has 0 unspecified atom stereocenters. The van der Waals surface area contributed by atoms with Gasteiger partial charge in [-0.2, -0.15) is 0 Å². The van der Waals surface area contributed by atoms with Crippen LogP contribution < -0.4 is 0 Å². The van der Waals surface area contributed by atoms with E-state index in [1.807, 2.05) is 6.92 Å². The number of carbonyl (C=O) groups is 2. The van der Waals surface area contributed by atoms with E-state index in [-0.39, 0.29) is 40.1 Å². The molecular weight excluding hydrogens is 448 g/mol. The maximum Gasteiger partial charge on any atom is 0.342 e. The van der Waals surface area contributed by atoms with Gasteiger partial charge in [0.05, 0.1) is 12.0 Å². The molecule has 8 atom stereocenters. The van der Waals surface area contributed by atoms with Gasteiger partial charge in [0.15, 0.2) is 17.5 Å². The van der Waals surface area contributed by atoms with Crippen molar-refractivity contribution in [2.24, 2.45) is 34.5 Å². The molecule has 1 spiro atoms. The topological polar surface area (TPSA) is 117 Å². The van der Waals surface area contributed by atoms with E-state index in [1.54, 1.807) is 39.8 Å². The van der Waals surface area contributed by atoms with Crippen molar-refractivity contribution in [1.29, 1.82) is 0 Å². The lowest BCUT2D eigenvalue weighted by Crippen LogP contribution is -2.65. The van der Waals surface area contributed by atoms with Crippen LogP contribution in [0.4, 0.5) is 0 Å². The number of ketones is 1. The van der Waals surface area contributed by atoms with Crippen molar-refractivity contribution < 1.29 is 34.1 Å². The van der Waals surface area contributed by atoms with Gasteiger partial charge in [-0.05, 0) is 68.4 Å². The summed E-state index contributed by atoms with van der Waals surface area (Å²) in [5.41, 5.74) is -2.00. The van der Waals surface area contributed by atoms with Gasteiger partial charge in [0.1, 0.15) is 23.2 Å². The number of aliphatic hydroxyl groups excluding tert-OH is 2. The number of ether oxygens (including phenoxy) is 1. The van der Waals surface area contributed by atoms with Crippen LogP contribution in [-0.4, -0.2) is 51.5 Å². The van der Waals surface area contributed by atoms with Gasteiger partial charge in [-0.25, -0.2) is 4.79 Å². The fourth-order valence-corrected chi connectivity index (χ4v) is 7.85. The summed E-state index contributed by atoms with van der Waals surface area (Å²) in [5.74, 6) is -0.328. The lowest BCUT2D eigenvalue weighted by molar-refractivity contribution is -0.190. The molecule has 2 fully saturated rings. The van der Waals surface area contributed by atoms with Crippen molar-refractivity contribution in [1.82, 2.24) is 0 Å². The van der Waals surface area contributed by atoms with E-state index in [4.69, 9.17) is 9.15 Å². The minimum Gasteiger partial charge on any atom is -0.465 e. The Morgan fingerprint density at radius 3 is 2.43 bits per heavy atom. The Morgan fingerprint density at radius 2 is 1.86 bits per heavy atom. The number of fused-ring (bicyclic) bond motifs is 3.